The highest BCUT2D eigenvalue weighted by atomic mass is 16.6. The van der Waals surface area contributed by atoms with Gasteiger partial charge in [-0.1, -0.05) is 6.07 Å². The standard InChI is InChI=1S/C21H27N3O3/c1-21(2,3)24-17(12-16(22-24)15-6-7-15)20(25)23(4)13-14-5-8-18-19(11-14)27-10-9-26-18/h5,8,11-12,15H,6-7,9-10,13H2,1-4H3. The Hall–Kier alpha value is -2.50. The molecule has 1 aliphatic heterocycles. The van der Waals surface area contributed by atoms with Crippen molar-refractivity contribution in [3.8, 4) is 11.5 Å². The van der Waals surface area contributed by atoms with Crippen molar-refractivity contribution in [2.45, 2.75) is 51.6 Å². The molecule has 1 aromatic heterocycles. The number of amides is 1. The molecular formula is C21H27N3O3. The first-order chi connectivity index (χ1) is 12.8. The number of fused-ring (bicyclic) bond motifs is 1. The van der Waals surface area contributed by atoms with E-state index in [1.54, 1.807) is 4.90 Å². The molecule has 1 aliphatic carbocycles. The van der Waals surface area contributed by atoms with E-state index < -0.39 is 0 Å². The Kier molecular flexibility index (Phi) is 4.36. The summed E-state index contributed by atoms with van der Waals surface area (Å²) in [7, 11) is 1.83. The molecule has 0 radical (unpaired) electrons. The van der Waals surface area contributed by atoms with Crippen LogP contribution in [0.15, 0.2) is 24.3 Å². The Morgan fingerprint density at radius 2 is 1.89 bits per heavy atom. The van der Waals surface area contributed by atoms with Crippen LogP contribution < -0.4 is 9.47 Å². The molecule has 1 amide bonds. The molecule has 6 nitrogen and oxygen atoms in total. The van der Waals surface area contributed by atoms with Gasteiger partial charge in [0.1, 0.15) is 18.9 Å². The lowest BCUT2D eigenvalue weighted by Crippen LogP contribution is -2.33. The van der Waals surface area contributed by atoms with E-state index in [9.17, 15) is 4.79 Å². The predicted octanol–water partition coefficient (Wildman–Crippen LogP) is 3.56. The largest absolute Gasteiger partial charge is 0.486 e. The van der Waals surface area contributed by atoms with Gasteiger partial charge in [0.15, 0.2) is 11.5 Å². The van der Waals surface area contributed by atoms with Crippen LogP contribution in [0.5, 0.6) is 11.5 Å². The van der Waals surface area contributed by atoms with Gasteiger partial charge in [0.2, 0.25) is 0 Å². The third-order valence-electron chi connectivity index (χ3n) is 4.95. The van der Waals surface area contributed by atoms with E-state index in [1.165, 1.54) is 12.8 Å². The lowest BCUT2D eigenvalue weighted by atomic mass is 10.1. The quantitative estimate of drug-likeness (QED) is 0.827. The molecule has 1 saturated carbocycles. The zero-order valence-corrected chi connectivity index (χ0v) is 16.5. The van der Waals surface area contributed by atoms with Gasteiger partial charge in [-0.25, -0.2) is 0 Å². The second-order valence-corrected chi connectivity index (χ2v) is 8.45. The van der Waals surface area contributed by atoms with E-state index in [2.05, 4.69) is 20.8 Å². The Balaban J connectivity index is 1.55. The summed E-state index contributed by atoms with van der Waals surface area (Å²) in [4.78, 5) is 14.9. The van der Waals surface area contributed by atoms with Gasteiger partial charge < -0.3 is 14.4 Å². The monoisotopic (exact) mass is 369 g/mol. The smallest absolute Gasteiger partial charge is 0.272 e. The van der Waals surface area contributed by atoms with Crippen LogP contribution in [0.2, 0.25) is 0 Å². The molecule has 0 spiro atoms. The van der Waals surface area contributed by atoms with Gasteiger partial charge >= 0.3 is 0 Å². The Morgan fingerprint density at radius 3 is 2.56 bits per heavy atom. The maximum absolute atomic E-state index is 13.2. The topological polar surface area (TPSA) is 56.6 Å². The molecule has 0 bridgehead atoms. The molecule has 0 unspecified atom stereocenters. The minimum Gasteiger partial charge on any atom is -0.486 e. The Morgan fingerprint density at radius 1 is 1.19 bits per heavy atom. The van der Waals surface area contributed by atoms with Gasteiger partial charge in [-0.15, -0.1) is 0 Å². The lowest BCUT2D eigenvalue weighted by molar-refractivity contribution is 0.0764. The van der Waals surface area contributed by atoms with E-state index in [1.807, 2.05) is 36.0 Å². The van der Waals surface area contributed by atoms with Gasteiger partial charge in [-0.05, 0) is 57.4 Å². The number of hydrogen-bond donors (Lipinski definition) is 0. The van der Waals surface area contributed by atoms with E-state index in [4.69, 9.17) is 14.6 Å². The van der Waals surface area contributed by atoms with Crippen molar-refractivity contribution < 1.29 is 14.3 Å². The molecule has 1 fully saturated rings. The predicted molar refractivity (Wildman–Crippen MR) is 102 cm³/mol. The average molecular weight is 369 g/mol. The van der Waals surface area contributed by atoms with Crippen molar-refractivity contribution >= 4 is 5.91 Å². The average Bonchev–Trinajstić information content (AvgIpc) is 3.38. The van der Waals surface area contributed by atoms with Crippen LogP contribution in [0, 0.1) is 0 Å². The summed E-state index contributed by atoms with van der Waals surface area (Å²) in [6.45, 7) is 7.87. The molecule has 1 aromatic carbocycles. The number of carbonyl (C=O) groups is 1. The van der Waals surface area contributed by atoms with Gasteiger partial charge in [0.05, 0.1) is 11.2 Å². The first-order valence-corrected chi connectivity index (χ1v) is 9.57. The van der Waals surface area contributed by atoms with Crippen LogP contribution in [0.4, 0.5) is 0 Å². The van der Waals surface area contributed by atoms with Crippen LogP contribution in [0.25, 0.3) is 0 Å². The van der Waals surface area contributed by atoms with E-state index in [0.717, 1.165) is 22.8 Å². The van der Waals surface area contributed by atoms with Gasteiger partial charge in [0, 0.05) is 19.5 Å². The van der Waals surface area contributed by atoms with Crippen molar-refractivity contribution in [3.63, 3.8) is 0 Å². The first-order valence-electron chi connectivity index (χ1n) is 9.57. The van der Waals surface area contributed by atoms with Crippen molar-refractivity contribution in [1.82, 2.24) is 14.7 Å². The maximum atomic E-state index is 13.2. The van der Waals surface area contributed by atoms with Gasteiger partial charge in [-0.3, -0.25) is 9.48 Å². The summed E-state index contributed by atoms with van der Waals surface area (Å²) in [5.41, 5.74) is 2.47. The molecule has 27 heavy (non-hydrogen) atoms. The normalized spacial score (nSPS) is 16.3. The SMILES string of the molecule is CN(Cc1ccc2c(c1)OCCO2)C(=O)c1cc(C2CC2)nn1C(C)(C)C. The number of ether oxygens (including phenoxy) is 2. The number of rotatable bonds is 4. The van der Waals surface area contributed by atoms with Crippen molar-refractivity contribution in [1.29, 1.82) is 0 Å². The second kappa shape index (κ2) is 6.59. The summed E-state index contributed by atoms with van der Waals surface area (Å²) in [5, 5.41) is 4.74. The summed E-state index contributed by atoms with van der Waals surface area (Å²) in [5.74, 6) is 2.01. The van der Waals surface area contributed by atoms with Crippen LogP contribution >= 0.6 is 0 Å². The van der Waals surface area contributed by atoms with Gasteiger partial charge in [0.25, 0.3) is 5.91 Å². The third kappa shape index (κ3) is 3.66. The molecule has 4 rings (SSSR count). The fraction of sp³-hybridized carbons (Fsp3) is 0.524. The van der Waals surface area contributed by atoms with E-state index in [-0.39, 0.29) is 11.4 Å². The fourth-order valence-electron chi connectivity index (χ4n) is 3.37. The van der Waals surface area contributed by atoms with Crippen LogP contribution in [0.3, 0.4) is 0 Å². The Labute approximate surface area is 160 Å². The molecule has 2 heterocycles. The molecule has 2 aliphatic rings. The van der Waals surface area contributed by atoms with Crippen LogP contribution in [0.1, 0.15) is 61.3 Å². The van der Waals surface area contributed by atoms with E-state index in [0.29, 0.717) is 31.4 Å². The number of benzene rings is 1. The highest BCUT2D eigenvalue weighted by Gasteiger charge is 2.32. The number of hydrogen-bond acceptors (Lipinski definition) is 4. The van der Waals surface area contributed by atoms with Crippen molar-refractivity contribution in [2.75, 3.05) is 20.3 Å². The zero-order chi connectivity index (χ0) is 19.2. The summed E-state index contributed by atoms with van der Waals surface area (Å²) >= 11 is 0. The summed E-state index contributed by atoms with van der Waals surface area (Å²) in [6, 6.07) is 7.82. The highest BCUT2D eigenvalue weighted by molar-refractivity contribution is 5.92. The molecule has 6 heteroatoms. The van der Waals surface area contributed by atoms with Crippen LogP contribution in [-0.2, 0) is 12.1 Å². The third-order valence-corrected chi connectivity index (χ3v) is 4.95. The number of aromatic nitrogens is 2. The highest BCUT2D eigenvalue weighted by Crippen LogP contribution is 2.40. The summed E-state index contributed by atoms with van der Waals surface area (Å²) < 4.78 is 13.1. The lowest BCUT2D eigenvalue weighted by Gasteiger charge is -2.25. The number of carbonyl (C=O) groups excluding carboxylic acids is 1. The Bertz CT molecular complexity index is 862. The second-order valence-electron chi connectivity index (χ2n) is 8.45. The van der Waals surface area contributed by atoms with Gasteiger partial charge in [-0.2, -0.15) is 5.10 Å². The molecule has 2 aromatic rings. The molecule has 144 valence electrons. The minimum absolute atomic E-state index is 0.0146. The van der Waals surface area contributed by atoms with Crippen molar-refractivity contribution in [2.24, 2.45) is 0 Å². The van der Waals surface area contributed by atoms with Crippen molar-refractivity contribution in [3.05, 3.63) is 41.2 Å². The summed E-state index contributed by atoms with van der Waals surface area (Å²) in [6.07, 6.45) is 2.34. The molecular weight excluding hydrogens is 342 g/mol. The minimum atomic E-state index is -0.240. The number of nitrogens with zero attached hydrogens (tertiary/aromatic N) is 3. The fourth-order valence-corrected chi connectivity index (χ4v) is 3.37. The van der Waals surface area contributed by atoms with E-state index >= 15 is 0 Å². The molecule has 0 N–H and O–H groups in total. The van der Waals surface area contributed by atoms with Crippen LogP contribution in [-0.4, -0.2) is 40.8 Å². The molecule has 0 saturated heterocycles. The first kappa shape index (κ1) is 17.9. The zero-order valence-electron chi connectivity index (χ0n) is 16.5. The molecule has 0 atom stereocenters. The maximum Gasteiger partial charge on any atom is 0.272 e.